The molecule has 1 amide bonds. The number of primary amides is 1. The topological polar surface area (TPSA) is 78.1 Å². The Kier molecular flexibility index (Phi) is 5.39. The molecule has 0 bridgehead atoms. The number of nitrogens with two attached hydrogens (primary N) is 1. The molecule has 2 aromatic heterocycles. The predicted molar refractivity (Wildman–Crippen MR) is 101 cm³/mol. The Morgan fingerprint density at radius 1 is 1.38 bits per heavy atom. The highest BCUT2D eigenvalue weighted by atomic mass is 32.2. The van der Waals surface area contributed by atoms with Crippen molar-refractivity contribution in [2.24, 2.45) is 5.73 Å². The third-order valence-electron chi connectivity index (χ3n) is 3.64. The van der Waals surface area contributed by atoms with E-state index >= 15 is 0 Å². The minimum absolute atomic E-state index is 0.151. The Balaban J connectivity index is 2.06. The maximum atomic E-state index is 11.2. The zero-order valence-electron chi connectivity index (χ0n) is 14.0. The van der Waals surface area contributed by atoms with Gasteiger partial charge in [-0.3, -0.25) is 4.79 Å². The summed E-state index contributed by atoms with van der Waals surface area (Å²) in [6, 6.07) is 0. The lowest BCUT2D eigenvalue weighted by atomic mass is 9.98. The molecule has 0 saturated heterocycles. The molecule has 2 N–H and O–H groups in total. The quantitative estimate of drug-likeness (QED) is 0.466. The van der Waals surface area contributed by atoms with Crippen LogP contribution in [0.15, 0.2) is 10.2 Å². The van der Waals surface area contributed by atoms with Gasteiger partial charge in [-0.25, -0.2) is 9.97 Å². The van der Waals surface area contributed by atoms with Crippen molar-refractivity contribution in [1.29, 1.82) is 0 Å². The molecule has 0 fully saturated rings. The lowest BCUT2D eigenvalue weighted by Crippen LogP contribution is -2.30. The lowest BCUT2D eigenvalue weighted by Gasteiger charge is -2.29. The van der Waals surface area contributed by atoms with Crippen molar-refractivity contribution in [2.75, 3.05) is 11.5 Å². The highest BCUT2D eigenvalue weighted by molar-refractivity contribution is 8.00. The molecule has 0 unspecified atom stereocenters. The van der Waals surface area contributed by atoms with Gasteiger partial charge in [0.25, 0.3) is 0 Å². The van der Waals surface area contributed by atoms with Gasteiger partial charge < -0.3 is 10.5 Å². The predicted octanol–water partition coefficient (Wildman–Crippen LogP) is 3.62. The largest absolute Gasteiger partial charge is 0.370 e. The minimum atomic E-state index is -0.333. The van der Waals surface area contributed by atoms with Gasteiger partial charge in [0.05, 0.1) is 28.2 Å². The molecule has 0 radical (unpaired) electrons. The number of fused-ring (bicyclic) bond motifs is 3. The Labute approximate surface area is 154 Å². The Bertz CT molecular complexity index is 774. The number of ether oxygens (including phenoxy) is 1. The Morgan fingerprint density at radius 2 is 2.17 bits per heavy atom. The van der Waals surface area contributed by atoms with Gasteiger partial charge in [-0.15, -0.1) is 11.3 Å². The van der Waals surface area contributed by atoms with Crippen molar-refractivity contribution in [3.05, 3.63) is 10.4 Å². The molecule has 1 aliphatic rings. The van der Waals surface area contributed by atoms with Crippen LogP contribution in [0.1, 0.15) is 37.6 Å². The number of carbonyl (C=O) groups is 1. The van der Waals surface area contributed by atoms with E-state index in [1.54, 1.807) is 23.1 Å². The highest BCUT2D eigenvalue weighted by Crippen LogP contribution is 2.42. The summed E-state index contributed by atoms with van der Waals surface area (Å²) in [5, 5.41) is 1.62. The van der Waals surface area contributed by atoms with Crippen LogP contribution < -0.4 is 5.73 Å². The van der Waals surface area contributed by atoms with Crippen LogP contribution in [0.2, 0.25) is 0 Å². The fourth-order valence-corrected chi connectivity index (χ4v) is 5.57. The monoisotopic (exact) mass is 383 g/mol. The van der Waals surface area contributed by atoms with Crippen LogP contribution in [-0.2, 0) is 22.6 Å². The zero-order valence-corrected chi connectivity index (χ0v) is 16.5. The second kappa shape index (κ2) is 7.19. The number of amides is 1. The van der Waals surface area contributed by atoms with Gasteiger partial charge in [-0.1, -0.05) is 30.4 Å². The molecule has 0 spiro atoms. The Hall–Kier alpha value is -0.830. The smallest absolute Gasteiger partial charge is 0.227 e. The molecule has 3 heterocycles. The van der Waals surface area contributed by atoms with E-state index in [4.69, 9.17) is 15.5 Å². The van der Waals surface area contributed by atoms with E-state index in [1.807, 2.05) is 0 Å². The summed E-state index contributed by atoms with van der Waals surface area (Å²) < 4.78 is 7.03. The van der Waals surface area contributed by atoms with Crippen molar-refractivity contribution in [2.45, 2.75) is 56.0 Å². The van der Waals surface area contributed by atoms with E-state index in [-0.39, 0.29) is 17.3 Å². The SMILES string of the molecule is CCCSc1nc(SCC(N)=O)c2sc3c(c2n1)COC(C)(C)C3. The maximum absolute atomic E-state index is 11.2. The molecule has 130 valence electrons. The first kappa shape index (κ1) is 18.0. The average Bonchev–Trinajstić information content (AvgIpc) is 2.86. The zero-order chi connectivity index (χ0) is 17.3. The normalized spacial score (nSPS) is 16.3. The lowest BCUT2D eigenvalue weighted by molar-refractivity contribution is -0.115. The molecule has 8 heteroatoms. The molecule has 0 aliphatic carbocycles. The molecule has 24 heavy (non-hydrogen) atoms. The molecular formula is C16H21N3O2S3. The molecular weight excluding hydrogens is 362 g/mol. The molecule has 1 aliphatic heterocycles. The molecule has 0 aromatic carbocycles. The van der Waals surface area contributed by atoms with Crippen LogP contribution >= 0.6 is 34.9 Å². The van der Waals surface area contributed by atoms with E-state index in [2.05, 4.69) is 25.8 Å². The third-order valence-corrected chi connectivity index (χ3v) is 7.05. The van der Waals surface area contributed by atoms with Crippen molar-refractivity contribution in [3.8, 4) is 0 Å². The van der Waals surface area contributed by atoms with E-state index in [9.17, 15) is 4.79 Å². The molecule has 5 nitrogen and oxygen atoms in total. The van der Waals surface area contributed by atoms with E-state index in [1.165, 1.54) is 22.2 Å². The van der Waals surface area contributed by atoms with Crippen LogP contribution in [-0.4, -0.2) is 33.0 Å². The summed E-state index contributed by atoms with van der Waals surface area (Å²) in [6.07, 6.45) is 1.94. The van der Waals surface area contributed by atoms with Crippen LogP contribution in [0.5, 0.6) is 0 Å². The average molecular weight is 384 g/mol. The number of hydrogen-bond donors (Lipinski definition) is 1. The van der Waals surface area contributed by atoms with Crippen molar-refractivity contribution >= 4 is 51.0 Å². The minimum Gasteiger partial charge on any atom is -0.370 e. The van der Waals surface area contributed by atoms with Gasteiger partial charge in [0.1, 0.15) is 5.03 Å². The summed E-state index contributed by atoms with van der Waals surface area (Å²) in [6.45, 7) is 6.93. The number of aromatic nitrogens is 2. The van der Waals surface area contributed by atoms with Gasteiger partial charge in [-0.05, 0) is 20.3 Å². The summed E-state index contributed by atoms with van der Waals surface area (Å²) in [4.78, 5) is 21.9. The molecule has 0 atom stereocenters. The van der Waals surface area contributed by atoms with Crippen molar-refractivity contribution in [3.63, 3.8) is 0 Å². The van der Waals surface area contributed by atoms with Gasteiger partial charge in [0.15, 0.2) is 5.16 Å². The van der Waals surface area contributed by atoms with Gasteiger partial charge >= 0.3 is 0 Å². The number of rotatable bonds is 6. The second-order valence-electron chi connectivity index (χ2n) is 6.32. The van der Waals surface area contributed by atoms with Crippen LogP contribution in [0.4, 0.5) is 0 Å². The van der Waals surface area contributed by atoms with Crippen LogP contribution in [0.3, 0.4) is 0 Å². The van der Waals surface area contributed by atoms with Crippen LogP contribution in [0, 0.1) is 0 Å². The molecule has 0 saturated carbocycles. The number of hydrogen-bond acceptors (Lipinski definition) is 7. The molecule has 2 aromatic rings. The van der Waals surface area contributed by atoms with Gasteiger partial charge in [-0.2, -0.15) is 0 Å². The molecule has 3 rings (SSSR count). The van der Waals surface area contributed by atoms with E-state index in [0.29, 0.717) is 6.61 Å². The first-order valence-corrected chi connectivity index (χ1v) is 10.7. The second-order valence-corrected chi connectivity index (χ2v) is 9.45. The fraction of sp³-hybridized carbons (Fsp3) is 0.562. The third kappa shape index (κ3) is 3.87. The van der Waals surface area contributed by atoms with Crippen LogP contribution in [0.25, 0.3) is 10.2 Å². The number of nitrogens with zero attached hydrogens (tertiary/aromatic N) is 2. The number of carbonyl (C=O) groups excluding carboxylic acids is 1. The van der Waals surface area contributed by atoms with Gasteiger partial charge in [0.2, 0.25) is 5.91 Å². The van der Waals surface area contributed by atoms with E-state index in [0.717, 1.165) is 39.0 Å². The summed E-state index contributed by atoms with van der Waals surface area (Å²) >= 11 is 4.77. The highest BCUT2D eigenvalue weighted by Gasteiger charge is 2.30. The van der Waals surface area contributed by atoms with Gasteiger partial charge in [0, 0.05) is 22.6 Å². The summed E-state index contributed by atoms with van der Waals surface area (Å²) in [5.41, 5.74) is 7.31. The fourth-order valence-electron chi connectivity index (χ4n) is 2.52. The number of thiophene rings is 1. The van der Waals surface area contributed by atoms with E-state index < -0.39 is 0 Å². The Morgan fingerprint density at radius 3 is 2.88 bits per heavy atom. The summed E-state index contributed by atoms with van der Waals surface area (Å²) in [7, 11) is 0. The standard InChI is InChI=1S/C16H21N3O2S3/c1-4-5-22-15-18-12-9-7-21-16(2,3)6-10(9)24-13(12)14(19-15)23-8-11(17)20/h4-8H2,1-3H3,(H2,17,20). The van der Waals surface area contributed by atoms with Crippen molar-refractivity contribution in [1.82, 2.24) is 9.97 Å². The maximum Gasteiger partial charge on any atom is 0.227 e. The first-order chi connectivity index (χ1) is 11.4. The summed E-state index contributed by atoms with van der Waals surface area (Å²) in [5.74, 6) is 0.871. The van der Waals surface area contributed by atoms with Crippen molar-refractivity contribution < 1.29 is 9.53 Å². The first-order valence-electron chi connectivity index (χ1n) is 7.90. The number of thioether (sulfide) groups is 2.